The van der Waals surface area contributed by atoms with Crippen molar-refractivity contribution in [2.45, 2.75) is 12.3 Å². The van der Waals surface area contributed by atoms with Gasteiger partial charge in [-0.05, 0) is 133 Å². The Morgan fingerprint density at radius 2 is 0.755 bits per heavy atom. The van der Waals surface area contributed by atoms with Crippen molar-refractivity contribution in [2.75, 3.05) is 4.90 Å². The van der Waals surface area contributed by atoms with Gasteiger partial charge in [0.15, 0.2) is 0 Å². The normalized spacial score (nSPS) is 13.2. The lowest BCUT2D eigenvalue weighted by Gasteiger charge is -2.31. The van der Waals surface area contributed by atoms with Crippen LogP contribution >= 0.6 is 0 Å². The Labute approximate surface area is 310 Å². The average molecular weight is 674 g/mol. The second kappa shape index (κ2) is 11.4. The fraction of sp³-hybridized carbons (Fsp3) is 0.0385. The van der Waals surface area contributed by atoms with Gasteiger partial charge in [-0.2, -0.15) is 0 Å². The molecular weight excluding hydrogens is 639 g/mol. The van der Waals surface area contributed by atoms with Crippen molar-refractivity contribution >= 4 is 38.6 Å². The number of rotatable bonds is 4. The van der Waals surface area contributed by atoms with Crippen LogP contribution in [0.5, 0.6) is 0 Å². The molecule has 0 N–H and O–H groups in total. The summed E-state index contributed by atoms with van der Waals surface area (Å²) >= 11 is 0. The molecule has 0 saturated heterocycles. The minimum atomic E-state index is -0.349. The summed E-state index contributed by atoms with van der Waals surface area (Å²) in [6, 6.07) is 72.2. The zero-order valence-electron chi connectivity index (χ0n) is 29.4. The lowest BCUT2D eigenvalue weighted by molar-refractivity contribution is 0.794. The Morgan fingerprint density at radius 3 is 1.42 bits per heavy atom. The maximum atomic E-state index is 2.43. The van der Waals surface area contributed by atoms with Crippen molar-refractivity contribution in [2.24, 2.45) is 0 Å². The summed E-state index contributed by atoms with van der Waals surface area (Å²) in [6.07, 6.45) is 0. The molecule has 1 nitrogen and oxygen atoms in total. The Balaban J connectivity index is 1.07. The summed E-state index contributed by atoms with van der Waals surface area (Å²) in [6.45, 7) is 2.15. The van der Waals surface area contributed by atoms with E-state index in [0.717, 1.165) is 17.1 Å². The summed E-state index contributed by atoms with van der Waals surface area (Å²) in [5, 5.41) is 4.97. The van der Waals surface area contributed by atoms with E-state index in [1.807, 2.05) is 0 Å². The first-order valence-corrected chi connectivity index (χ1v) is 18.5. The minimum Gasteiger partial charge on any atom is -0.310 e. The van der Waals surface area contributed by atoms with E-state index in [0.29, 0.717) is 0 Å². The first-order valence-electron chi connectivity index (χ1n) is 18.5. The number of hydrogen-bond acceptors (Lipinski definition) is 1. The molecule has 9 aromatic rings. The van der Waals surface area contributed by atoms with E-state index in [9.17, 15) is 0 Å². The van der Waals surface area contributed by atoms with Crippen LogP contribution in [0.25, 0.3) is 54.9 Å². The van der Waals surface area contributed by atoms with Gasteiger partial charge < -0.3 is 4.90 Å². The molecule has 53 heavy (non-hydrogen) atoms. The van der Waals surface area contributed by atoms with Crippen LogP contribution in [0.4, 0.5) is 17.1 Å². The zero-order valence-corrected chi connectivity index (χ0v) is 29.4. The quantitative estimate of drug-likeness (QED) is 0.180. The third-order valence-corrected chi connectivity index (χ3v) is 11.7. The molecule has 9 aromatic carbocycles. The van der Waals surface area contributed by atoms with E-state index in [-0.39, 0.29) is 5.41 Å². The van der Waals surface area contributed by atoms with Crippen LogP contribution in [0.2, 0.25) is 0 Å². The lowest BCUT2D eigenvalue weighted by Crippen LogP contribution is -2.25. The van der Waals surface area contributed by atoms with Crippen molar-refractivity contribution in [1.82, 2.24) is 0 Å². The molecule has 0 unspecified atom stereocenters. The van der Waals surface area contributed by atoms with Crippen molar-refractivity contribution in [3.8, 4) is 33.4 Å². The average Bonchev–Trinajstić information content (AvgIpc) is 3.68. The van der Waals surface area contributed by atoms with Crippen LogP contribution in [-0.2, 0) is 5.41 Å². The maximum absolute atomic E-state index is 2.43. The summed E-state index contributed by atoms with van der Waals surface area (Å²) in [5.74, 6) is 0. The molecule has 0 radical (unpaired) electrons. The van der Waals surface area contributed by atoms with E-state index < -0.39 is 0 Å². The predicted octanol–water partition coefficient (Wildman–Crippen LogP) is 13.8. The molecule has 0 aromatic heterocycles. The highest BCUT2D eigenvalue weighted by Crippen LogP contribution is 2.63. The molecule has 0 aliphatic heterocycles. The molecule has 1 heteroatoms. The van der Waals surface area contributed by atoms with Gasteiger partial charge in [0.25, 0.3) is 0 Å². The summed E-state index contributed by atoms with van der Waals surface area (Å²) in [4.78, 5) is 2.42. The first kappa shape index (κ1) is 30.0. The Kier molecular flexibility index (Phi) is 6.45. The van der Waals surface area contributed by atoms with Crippen LogP contribution < -0.4 is 4.90 Å². The van der Waals surface area contributed by atoms with Crippen molar-refractivity contribution < 1.29 is 0 Å². The molecule has 2 aliphatic rings. The zero-order chi connectivity index (χ0) is 35.1. The SMILES string of the molecule is Cc1ccc(N(c2ccc3c(c2)-c2ccccc2C32c3ccccc3-c3ccccc32)c2ccc3cc(-c4ccc5ccccc5c4)ccc3c2)cc1. The summed E-state index contributed by atoms with van der Waals surface area (Å²) in [5.41, 5.74) is 17.5. The highest BCUT2D eigenvalue weighted by Gasteiger charge is 2.51. The molecule has 0 amide bonds. The van der Waals surface area contributed by atoms with Gasteiger partial charge in [0.2, 0.25) is 0 Å². The molecule has 1 spiro atoms. The number of fused-ring (bicyclic) bond motifs is 12. The second-order valence-corrected chi connectivity index (χ2v) is 14.6. The topological polar surface area (TPSA) is 3.24 Å². The van der Waals surface area contributed by atoms with E-state index in [1.54, 1.807) is 0 Å². The number of hydrogen-bond donors (Lipinski definition) is 0. The van der Waals surface area contributed by atoms with Crippen LogP contribution in [0.15, 0.2) is 194 Å². The Hall–Kier alpha value is -6.70. The number of benzene rings is 9. The van der Waals surface area contributed by atoms with Gasteiger partial charge in [0, 0.05) is 17.1 Å². The molecule has 11 rings (SSSR count). The van der Waals surface area contributed by atoms with Gasteiger partial charge in [-0.1, -0.05) is 151 Å². The van der Waals surface area contributed by atoms with E-state index >= 15 is 0 Å². The van der Waals surface area contributed by atoms with Crippen LogP contribution in [0.3, 0.4) is 0 Å². The van der Waals surface area contributed by atoms with Gasteiger partial charge in [-0.25, -0.2) is 0 Å². The fourth-order valence-electron chi connectivity index (χ4n) is 9.29. The standard InChI is InChI=1S/C52H35N/c1-34-18-25-41(26-19-34)53(42-27-24-39-31-38(22-23-40(39)32-42)37-21-20-35-10-2-3-11-36(35)30-37)43-28-29-51-47(33-43)46-14-6-9-17-50(46)52(51)48-15-7-4-12-44(48)45-13-5-8-16-49(45)52/h2-33H,1H3. The van der Waals surface area contributed by atoms with Crippen molar-refractivity contribution in [3.05, 3.63) is 222 Å². The molecular formula is C52H35N. The first-order chi connectivity index (χ1) is 26.2. The largest absolute Gasteiger partial charge is 0.310 e. The molecule has 2 aliphatic carbocycles. The van der Waals surface area contributed by atoms with Gasteiger partial charge in [-0.3, -0.25) is 0 Å². The van der Waals surface area contributed by atoms with Gasteiger partial charge in [0.1, 0.15) is 0 Å². The van der Waals surface area contributed by atoms with Gasteiger partial charge in [-0.15, -0.1) is 0 Å². The molecule has 0 atom stereocenters. The van der Waals surface area contributed by atoms with E-state index in [2.05, 4.69) is 206 Å². The van der Waals surface area contributed by atoms with Crippen molar-refractivity contribution in [1.29, 1.82) is 0 Å². The molecule has 0 heterocycles. The van der Waals surface area contributed by atoms with Crippen LogP contribution in [-0.4, -0.2) is 0 Å². The number of aryl methyl sites for hydroxylation is 1. The third kappa shape index (κ3) is 4.38. The fourth-order valence-corrected chi connectivity index (χ4v) is 9.29. The van der Waals surface area contributed by atoms with Crippen LogP contribution in [0.1, 0.15) is 27.8 Å². The monoisotopic (exact) mass is 673 g/mol. The van der Waals surface area contributed by atoms with Crippen molar-refractivity contribution in [3.63, 3.8) is 0 Å². The Bertz CT molecular complexity index is 2870. The molecule has 0 fully saturated rings. The van der Waals surface area contributed by atoms with Gasteiger partial charge >= 0.3 is 0 Å². The highest BCUT2D eigenvalue weighted by atomic mass is 15.1. The highest BCUT2D eigenvalue weighted by molar-refractivity contribution is 5.98. The number of nitrogens with zero attached hydrogens (tertiary/aromatic N) is 1. The number of anilines is 3. The van der Waals surface area contributed by atoms with Crippen LogP contribution in [0, 0.1) is 6.92 Å². The summed E-state index contributed by atoms with van der Waals surface area (Å²) in [7, 11) is 0. The molecule has 0 bridgehead atoms. The van der Waals surface area contributed by atoms with E-state index in [4.69, 9.17) is 0 Å². The second-order valence-electron chi connectivity index (χ2n) is 14.6. The Morgan fingerprint density at radius 1 is 0.321 bits per heavy atom. The van der Waals surface area contributed by atoms with Gasteiger partial charge in [0.05, 0.1) is 5.41 Å². The third-order valence-electron chi connectivity index (χ3n) is 11.7. The summed E-state index contributed by atoms with van der Waals surface area (Å²) < 4.78 is 0. The minimum absolute atomic E-state index is 0.349. The smallest absolute Gasteiger partial charge is 0.0725 e. The molecule has 248 valence electrons. The maximum Gasteiger partial charge on any atom is 0.0725 e. The lowest BCUT2D eigenvalue weighted by atomic mass is 9.70. The molecule has 0 saturated carbocycles. The predicted molar refractivity (Wildman–Crippen MR) is 223 cm³/mol. The van der Waals surface area contributed by atoms with E-state index in [1.165, 1.54) is 82.7 Å².